The second-order valence-corrected chi connectivity index (χ2v) is 6.60. The van der Waals surface area contributed by atoms with E-state index in [9.17, 15) is 4.79 Å². The molecule has 0 aromatic heterocycles. The number of hydrogen-bond donors (Lipinski definition) is 1. The van der Waals surface area contributed by atoms with Crippen molar-refractivity contribution in [2.24, 2.45) is 4.40 Å². The summed E-state index contributed by atoms with van der Waals surface area (Å²) in [5.74, 6) is 3.37. The van der Waals surface area contributed by atoms with Gasteiger partial charge in [0, 0.05) is 23.4 Å². The smallest absolute Gasteiger partial charge is 0.271 e. The number of terminal acetylenes is 1. The first-order valence-corrected chi connectivity index (χ1v) is 10.0. The van der Waals surface area contributed by atoms with Crippen LogP contribution in [0, 0.1) is 12.3 Å². The zero-order chi connectivity index (χ0) is 20.4. The van der Waals surface area contributed by atoms with Gasteiger partial charge >= 0.3 is 0 Å². The molecule has 0 saturated heterocycles. The maximum Gasteiger partial charge on any atom is 0.271 e. The fraction of sp³-hybridized carbons (Fsp3) is 0.238. The van der Waals surface area contributed by atoms with Crippen LogP contribution in [0.5, 0.6) is 11.5 Å². The van der Waals surface area contributed by atoms with Gasteiger partial charge < -0.3 is 14.8 Å². The van der Waals surface area contributed by atoms with Crippen molar-refractivity contribution in [2.45, 2.75) is 6.42 Å². The monoisotopic (exact) mass is 416 g/mol. The van der Waals surface area contributed by atoms with Crippen LogP contribution in [0.3, 0.4) is 0 Å². The molecular formula is C21H21ClN2O3S. The summed E-state index contributed by atoms with van der Waals surface area (Å²) in [6, 6.07) is 12.6. The van der Waals surface area contributed by atoms with Crippen LogP contribution in [-0.4, -0.2) is 38.1 Å². The lowest BCUT2D eigenvalue weighted by Crippen LogP contribution is -2.33. The second-order valence-electron chi connectivity index (χ2n) is 5.61. The first kappa shape index (κ1) is 21.7. The summed E-state index contributed by atoms with van der Waals surface area (Å²) in [5.41, 5.74) is 2.08. The van der Waals surface area contributed by atoms with Crippen LogP contribution in [-0.2, 0) is 11.2 Å². The Balaban J connectivity index is 1.99. The topological polar surface area (TPSA) is 59.9 Å². The zero-order valence-electron chi connectivity index (χ0n) is 15.7. The maximum absolute atomic E-state index is 12.6. The van der Waals surface area contributed by atoms with Gasteiger partial charge in [0.05, 0.1) is 7.11 Å². The van der Waals surface area contributed by atoms with Crippen molar-refractivity contribution >= 4 is 35.2 Å². The molecule has 0 atom stereocenters. The third kappa shape index (κ3) is 6.22. The lowest BCUT2D eigenvalue weighted by atomic mass is 10.1. The predicted molar refractivity (Wildman–Crippen MR) is 116 cm³/mol. The summed E-state index contributed by atoms with van der Waals surface area (Å²) in [7, 11) is 1.57. The molecule has 0 aliphatic carbocycles. The molecule has 2 aromatic carbocycles. The number of hydrogen-bond acceptors (Lipinski definition) is 5. The fourth-order valence-electron chi connectivity index (χ4n) is 2.43. The molecule has 1 N–H and O–H groups in total. The molecule has 28 heavy (non-hydrogen) atoms. The molecule has 0 radical (unpaired) electrons. The largest absolute Gasteiger partial charge is 0.493 e. The standard InChI is InChI=1S/C21H21ClN2O3S/c1-4-13-27-18-10-5-15(14-19(18)26-2)11-12-23-21(25)20(24-28-3)16-6-8-17(22)9-7-16/h1,5-10,14H,11-13H2,2-3H3,(H,23,25)/b24-20+. The van der Waals surface area contributed by atoms with Crippen LogP contribution >= 0.6 is 23.5 Å². The number of carbonyl (C=O) groups excluding carboxylic acids is 1. The minimum Gasteiger partial charge on any atom is -0.493 e. The van der Waals surface area contributed by atoms with E-state index in [1.165, 1.54) is 11.9 Å². The van der Waals surface area contributed by atoms with Gasteiger partial charge in [0.1, 0.15) is 12.3 Å². The number of carbonyl (C=O) groups is 1. The Hall–Kier alpha value is -2.62. The van der Waals surface area contributed by atoms with Crippen LogP contribution in [0.4, 0.5) is 0 Å². The van der Waals surface area contributed by atoms with Crippen LogP contribution in [0.15, 0.2) is 46.9 Å². The van der Waals surface area contributed by atoms with Gasteiger partial charge in [-0.3, -0.25) is 4.79 Å². The highest BCUT2D eigenvalue weighted by molar-refractivity contribution is 7.97. The van der Waals surface area contributed by atoms with E-state index in [-0.39, 0.29) is 12.5 Å². The zero-order valence-corrected chi connectivity index (χ0v) is 17.3. The Morgan fingerprint density at radius 3 is 2.64 bits per heavy atom. The molecule has 0 aliphatic heterocycles. The molecule has 7 heteroatoms. The van der Waals surface area contributed by atoms with Crippen molar-refractivity contribution in [1.82, 2.24) is 5.32 Å². The number of amides is 1. The fourth-order valence-corrected chi connectivity index (χ4v) is 2.93. The van der Waals surface area contributed by atoms with Gasteiger partial charge in [-0.05, 0) is 48.2 Å². The van der Waals surface area contributed by atoms with Gasteiger partial charge in [-0.15, -0.1) is 6.42 Å². The number of rotatable bonds is 9. The quantitative estimate of drug-likeness (QED) is 0.384. The number of methoxy groups -OCH3 is 1. The van der Waals surface area contributed by atoms with Gasteiger partial charge in [-0.25, -0.2) is 4.40 Å². The highest BCUT2D eigenvalue weighted by Gasteiger charge is 2.14. The third-order valence-corrected chi connectivity index (χ3v) is 4.37. The summed E-state index contributed by atoms with van der Waals surface area (Å²) < 4.78 is 15.0. The van der Waals surface area contributed by atoms with Crippen LogP contribution in [0.1, 0.15) is 11.1 Å². The van der Waals surface area contributed by atoms with Gasteiger partial charge in [-0.1, -0.05) is 35.7 Å². The van der Waals surface area contributed by atoms with Crippen molar-refractivity contribution in [1.29, 1.82) is 0 Å². The van der Waals surface area contributed by atoms with Crippen molar-refractivity contribution in [3.05, 3.63) is 58.6 Å². The molecule has 0 unspecified atom stereocenters. The molecule has 2 rings (SSSR count). The SMILES string of the molecule is C#CCOc1ccc(CCNC(=O)/C(=N/SC)c2ccc(Cl)cc2)cc1OC. The van der Waals surface area contributed by atoms with Crippen LogP contribution in [0.25, 0.3) is 0 Å². The van der Waals surface area contributed by atoms with Crippen LogP contribution < -0.4 is 14.8 Å². The molecular weight excluding hydrogens is 396 g/mol. The van der Waals surface area contributed by atoms with E-state index in [0.29, 0.717) is 40.8 Å². The van der Waals surface area contributed by atoms with E-state index in [1.54, 1.807) is 37.6 Å². The minimum atomic E-state index is -0.238. The van der Waals surface area contributed by atoms with E-state index in [1.807, 2.05) is 18.2 Å². The number of nitrogens with one attached hydrogen (secondary N) is 1. The number of ether oxygens (including phenoxy) is 2. The summed E-state index contributed by atoms with van der Waals surface area (Å²) in [6.45, 7) is 0.627. The van der Waals surface area contributed by atoms with Crippen molar-refractivity contribution in [2.75, 3.05) is 26.5 Å². The molecule has 0 fully saturated rings. The maximum atomic E-state index is 12.6. The summed E-state index contributed by atoms with van der Waals surface area (Å²) in [6.07, 6.45) is 7.65. The Labute approximate surface area is 174 Å². The van der Waals surface area contributed by atoms with E-state index in [0.717, 1.165) is 5.56 Å². The Bertz CT molecular complexity index is 876. The van der Waals surface area contributed by atoms with Gasteiger partial charge in [0.25, 0.3) is 5.91 Å². The molecule has 146 valence electrons. The molecule has 0 heterocycles. The molecule has 0 saturated carbocycles. The first-order valence-electron chi connectivity index (χ1n) is 8.47. The lowest BCUT2D eigenvalue weighted by molar-refractivity contribution is -0.114. The highest BCUT2D eigenvalue weighted by Crippen LogP contribution is 2.28. The van der Waals surface area contributed by atoms with Crippen molar-refractivity contribution < 1.29 is 14.3 Å². The second kappa shape index (κ2) is 11.3. The van der Waals surface area contributed by atoms with Crippen molar-refractivity contribution in [3.8, 4) is 23.8 Å². The molecule has 2 aromatic rings. The molecule has 0 spiro atoms. The van der Waals surface area contributed by atoms with E-state index < -0.39 is 0 Å². The van der Waals surface area contributed by atoms with Crippen LogP contribution in [0.2, 0.25) is 5.02 Å². The molecule has 5 nitrogen and oxygen atoms in total. The summed E-state index contributed by atoms with van der Waals surface area (Å²) >= 11 is 7.14. The van der Waals surface area contributed by atoms with E-state index in [2.05, 4.69) is 15.6 Å². The minimum absolute atomic E-state index is 0.175. The van der Waals surface area contributed by atoms with Gasteiger partial charge in [0.2, 0.25) is 0 Å². The number of nitrogens with zero attached hydrogens (tertiary/aromatic N) is 1. The number of halogens is 1. The number of benzene rings is 2. The van der Waals surface area contributed by atoms with Crippen molar-refractivity contribution in [3.63, 3.8) is 0 Å². The molecule has 0 bridgehead atoms. The Morgan fingerprint density at radius 1 is 1.25 bits per heavy atom. The van der Waals surface area contributed by atoms with E-state index in [4.69, 9.17) is 27.5 Å². The van der Waals surface area contributed by atoms with E-state index >= 15 is 0 Å². The normalized spacial score (nSPS) is 10.9. The average molecular weight is 417 g/mol. The Kier molecular flexibility index (Phi) is 8.73. The molecule has 1 amide bonds. The highest BCUT2D eigenvalue weighted by atomic mass is 35.5. The van der Waals surface area contributed by atoms with Gasteiger partial charge in [-0.2, -0.15) is 0 Å². The predicted octanol–water partition coefficient (Wildman–Crippen LogP) is 3.79. The Morgan fingerprint density at radius 2 is 2.00 bits per heavy atom. The third-order valence-electron chi connectivity index (χ3n) is 3.75. The summed E-state index contributed by atoms with van der Waals surface area (Å²) in [5, 5.41) is 3.51. The summed E-state index contributed by atoms with van der Waals surface area (Å²) in [4.78, 5) is 12.6. The van der Waals surface area contributed by atoms with Gasteiger partial charge in [0.15, 0.2) is 11.5 Å². The first-order chi connectivity index (χ1) is 13.6. The molecule has 0 aliphatic rings. The average Bonchev–Trinajstić information content (AvgIpc) is 2.71. The lowest BCUT2D eigenvalue weighted by Gasteiger charge is -2.11.